The third-order valence-corrected chi connectivity index (χ3v) is 4.19. The van der Waals surface area contributed by atoms with Crippen LogP contribution >= 0.6 is 0 Å². The minimum Gasteiger partial charge on any atom is -0.507 e. The van der Waals surface area contributed by atoms with Gasteiger partial charge in [-0.3, -0.25) is 4.79 Å². The van der Waals surface area contributed by atoms with Gasteiger partial charge in [-0.1, -0.05) is 48.5 Å². The van der Waals surface area contributed by atoms with Crippen molar-refractivity contribution in [1.29, 1.82) is 0 Å². The van der Waals surface area contributed by atoms with Crippen LogP contribution in [0.1, 0.15) is 5.56 Å². The average molecular weight is 362 g/mol. The van der Waals surface area contributed by atoms with Gasteiger partial charge in [0.05, 0.1) is 0 Å². The molecule has 4 aromatic rings. The molecule has 0 bridgehead atoms. The van der Waals surface area contributed by atoms with Gasteiger partial charge in [0.1, 0.15) is 40.7 Å². The first kappa shape index (κ1) is 16.8. The molecule has 0 unspecified atom stereocenters. The van der Waals surface area contributed by atoms with E-state index >= 15 is 0 Å². The second kappa shape index (κ2) is 6.96. The maximum Gasteiger partial charge on any atom is 0.197 e. The SMILES string of the molecule is O=c1cc(-c2ccccc2)oc2cc(OCc3ccccc3F)cc(O)c12. The van der Waals surface area contributed by atoms with Crippen molar-refractivity contribution in [3.63, 3.8) is 0 Å². The summed E-state index contributed by atoms with van der Waals surface area (Å²) >= 11 is 0. The van der Waals surface area contributed by atoms with E-state index < -0.39 is 0 Å². The highest BCUT2D eigenvalue weighted by Gasteiger charge is 2.13. The van der Waals surface area contributed by atoms with E-state index in [2.05, 4.69) is 0 Å². The maximum absolute atomic E-state index is 13.7. The van der Waals surface area contributed by atoms with Gasteiger partial charge in [0.25, 0.3) is 0 Å². The van der Waals surface area contributed by atoms with E-state index in [9.17, 15) is 14.3 Å². The highest BCUT2D eigenvalue weighted by molar-refractivity contribution is 5.86. The summed E-state index contributed by atoms with van der Waals surface area (Å²) in [5.41, 5.74) is 0.975. The van der Waals surface area contributed by atoms with Crippen LogP contribution in [0.5, 0.6) is 11.5 Å². The number of fused-ring (bicyclic) bond motifs is 1. The molecule has 27 heavy (non-hydrogen) atoms. The van der Waals surface area contributed by atoms with Crippen LogP contribution in [0.4, 0.5) is 4.39 Å². The molecular weight excluding hydrogens is 347 g/mol. The molecule has 134 valence electrons. The van der Waals surface area contributed by atoms with Crippen LogP contribution in [0, 0.1) is 5.82 Å². The van der Waals surface area contributed by atoms with Gasteiger partial charge in [-0.05, 0) is 6.07 Å². The number of benzene rings is 3. The third kappa shape index (κ3) is 3.40. The lowest BCUT2D eigenvalue weighted by Crippen LogP contribution is -2.02. The fourth-order valence-corrected chi connectivity index (χ4v) is 2.85. The second-order valence-corrected chi connectivity index (χ2v) is 6.04. The molecule has 5 heteroatoms. The number of ether oxygens (including phenoxy) is 1. The first-order chi connectivity index (χ1) is 13.1. The molecule has 1 heterocycles. The predicted molar refractivity (Wildman–Crippen MR) is 100 cm³/mol. The Morgan fingerprint density at radius 3 is 2.48 bits per heavy atom. The van der Waals surface area contributed by atoms with Crippen LogP contribution < -0.4 is 10.2 Å². The standard InChI is InChI=1S/C22H15FO4/c23-17-9-5-4-8-15(17)13-26-16-10-18(24)22-19(25)12-20(27-21(22)11-16)14-6-2-1-3-7-14/h1-12,24H,13H2. The van der Waals surface area contributed by atoms with Crippen LogP contribution in [-0.4, -0.2) is 5.11 Å². The summed E-state index contributed by atoms with van der Waals surface area (Å²) in [4.78, 5) is 12.4. The van der Waals surface area contributed by atoms with Crippen molar-refractivity contribution in [3.05, 3.63) is 94.4 Å². The number of aromatic hydroxyl groups is 1. The summed E-state index contributed by atoms with van der Waals surface area (Å²) in [5.74, 6) is 0.0418. The summed E-state index contributed by atoms with van der Waals surface area (Å²) in [7, 11) is 0. The quantitative estimate of drug-likeness (QED) is 0.562. The van der Waals surface area contributed by atoms with Crippen LogP contribution in [-0.2, 0) is 6.61 Å². The fraction of sp³-hybridized carbons (Fsp3) is 0.0455. The molecule has 3 aromatic carbocycles. The Labute approximate surface area is 154 Å². The Kier molecular flexibility index (Phi) is 4.34. The van der Waals surface area contributed by atoms with Gasteiger partial charge in [-0.15, -0.1) is 0 Å². The smallest absolute Gasteiger partial charge is 0.197 e. The summed E-state index contributed by atoms with van der Waals surface area (Å²) in [6, 6.07) is 19.6. The normalized spacial score (nSPS) is 10.9. The number of hydrogen-bond acceptors (Lipinski definition) is 4. The van der Waals surface area contributed by atoms with Crippen molar-refractivity contribution < 1.29 is 18.7 Å². The largest absolute Gasteiger partial charge is 0.507 e. The summed E-state index contributed by atoms with van der Waals surface area (Å²) in [6.45, 7) is -0.0137. The first-order valence-corrected chi connectivity index (χ1v) is 8.34. The van der Waals surface area contributed by atoms with E-state index in [1.54, 1.807) is 18.2 Å². The van der Waals surface area contributed by atoms with E-state index in [0.717, 1.165) is 5.56 Å². The van der Waals surface area contributed by atoms with Crippen molar-refractivity contribution in [2.24, 2.45) is 0 Å². The number of halogens is 1. The molecule has 4 rings (SSSR count). The van der Waals surface area contributed by atoms with E-state index in [-0.39, 0.29) is 40.3 Å². The summed E-state index contributed by atoms with van der Waals surface area (Å²) in [6.07, 6.45) is 0. The maximum atomic E-state index is 13.7. The Morgan fingerprint density at radius 1 is 0.963 bits per heavy atom. The molecule has 0 amide bonds. The summed E-state index contributed by atoms with van der Waals surface area (Å²) in [5, 5.41) is 10.3. The minimum atomic E-state index is -0.375. The van der Waals surface area contributed by atoms with E-state index in [1.165, 1.54) is 24.3 Å². The van der Waals surface area contributed by atoms with Crippen LogP contribution in [0.15, 0.2) is 82.0 Å². The monoisotopic (exact) mass is 362 g/mol. The highest BCUT2D eigenvalue weighted by atomic mass is 19.1. The Bertz CT molecular complexity index is 1170. The van der Waals surface area contributed by atoms with E-state index in [0.29, 0.717) is 11.3 Å². The molecule has 0 aliphatic rings. The molecule has 4 nitrogen and oxygen atoms in total. The zero-order valence-electron chi connectivity index (χ0n) is 14.2. The van der Waals surface area contributed by atoms with Crippen LogP contribution in [0.25, 0.3) is 22.3 Å². The Morgan fingerprint density at radius 2 is 1.70 bits per heavy atom. The number of rotatable bonds is 4. The molecule has 0 spiro atoms. The highest BCUT2D eigenvalue weighted by Crippen LogP contribution is 2.31. The molecule has 0 fully saturated rings. The molecule has 0 aliphatic carbocycles. The Balaban J connectivity index is 1.73. The lowest BCUT2D eigenvalue weighted by Gasteiger charge is -2.10. The molecule has 0 saturated heterocycles. The Hall–Kier alpha value is -3.60. The van der Waals surface area contributed by atoms with E-state index in [1.807, 2.05) is 30.3 Å². The summed E-state index contributed by atoms with van der Waals surface area (Å²) < 4.78 is 25.1. The molecule has 1 N–H and O–H groups in total. The van der Waals surface area contributed by atoms with Gasteiger partial charge in [-0.25, -0.2) is 4.39 Å². The van der Waals surface area contributed by atoms with Gasteiger partial charge in [0.2, 0.25) is 0 Å². The fourth-order valence-electron chi connectivity index (χ4n) is 2.85. The lowest BCUT2D eigenvalue weighted by atomic mass is 10.1. The van der Waals surface area contributed by atoms with Crippen LogP contribution in [0.2, 0.25) is 0 Å². The van der Waals surface area contributed by atoms with Gasteiger partial charge in [-0.2, -0.15) is 0 Å². The average Bonchev–Trinajstić information content (AvgIpc) is 2.67. The van der Waals surface area contributed by atoms with Gasteiger partial charge in [0.15, 0.2) is 5.43 Å². The van der Waals surface area contributed by atoms with Crippen molar-refractivity contribution >= 4 is 11.0 Å². The molecule has 1 aromatic heterocycles. The molecule has 0 aliphatic heterocycles. The molecule has 0 atom stereocenters. The van der Waals surface area contributed by atoms with Crippen molar-refractivity contribution in [2.75, 3.05) is 0 Å². The van der Waals surface area contributed by atoms with Crippen molar-refractivity contribution in [2.45, 2.75) is 6.61 Å². The van der Waals surface area contributed by atoms with Gasteiger partial charge < -0.3 is 14.3 Å². The zero-order chi connectivity index (χ0) is 18.8. The third-order valence-electron chi connectivity index (χ3n) is 4.19. The minimum absolute atomic E-state index is 0.0137. The number of hydrogen-bond donors (Lipinski definition) is 1. The lowest BCUT2D eigenvalue weighted by molar-refractivity contribution is 0.298. The van der Waals surface area contributed by atoms with Crippen LogP contribution in [0.3, 0.4) is 0 Å². The number of phenols is 1. The molecular formula is C22H15FO4. The predicted octanol–water partition coefficient (Wildman–Crippen LogP) is 4.88. The molecule has 0 radical (unpaired) electrons. The number of phenolic OH excluding ortho intramolecular Hbond substituents is 1. The van der Waals surface area contributed by atoms with Gasteiger partial charge in [0, 0.05) is 29.3 Å². The van der Waals surface area contributed by atoms with Gasteiger partial charge >= 0.3 is 0 Å². The van der Waals surface area contributed by atoms with Crippen molar-refractivity contribution in [1.82, 2.24) is 0 Å². The molecule has 0 saturated carbocycles. The second-order valence-electron chi connectivity index (χ2n) is 6.04. The van der Waals surface area contributed by atoms with Crippen molar-refractivity contribution in [3.8, 4) is 22.8 Å². The topological polar surface area (TPSA) is 59.7 Å². The first-order valence-electron chi connectivity index (χ1n) is 8.34. The van der Waals surface area contributed by atoms with E-state index in [4.69, 9.17) is 9.15 Å². The zero-order valence-corrected chi connectivity index (χ0v) is 14.2.